The van der Waals surface area contributed by atoms with Crippen molar-refractivity contribution < 1.29 is 42.9 Å². The fourth-order valence-corrected chi connectivity index (χ4v) is 8.27. The largest absolute Gasteiger partial charge is 0.545 e. The van der Waals surface area contributed by atoms with Crippen molar-refractivity contribution in [2.75, 3.05) is 47.5 Å². The molecule has 394 valence electrons. The topological polar surface area (TPSA) is 111 Å². The molecule has 9 heteroatoms. The van der Waals surface area contributed by atoms with Crippen molar-refractivity contribution in [3.63, 3.8) is 0 Å². The molecule has 0 aliphatic heterocycles. The second-order valence-electron chi connectivity index (χ2n) is 20.6. The highest BCUT2D eigenvalue weighted by Crippen LogP contribution is 2.17. The number of aliphatic carboxylic acids is 1. The maximum atomic E-state index is 12.8. The second kappa shape index (κ2) is 50.2. The Hall–Kier alpha value is -2.23. The third-order valence-corrected chi connectivity index (χ3v) is 12.7. The van der Waals surface area contributed by atoms with Crippen molar-refractivity contribution >= 4 is 17.9 Å². The number of likely N-dealkylation sites (N-methyl/N-ethyl adjacent to an activating group) is 1. The van der Waals surface area contributed by atoms with E-state index in [2.05, 4.69) is 38.2 Å². The van der Waals surface area contributed by atoms with Gasteiger partial charge in [-0.15, -0.1) is 0 Å². The number of quaternary nitrogens is 1. The summed E-state index contributed by atoms with van der Waals surface area (Å²) in [5, 5.41) is 11.7. The van der Waals surface area contributed by atoms with Gasteiger partial charge in [0.1, 0.15) is 13.2 Å². The van der Waals surface area contributed by atoms with Crippen LogP contribution in [0.15, 0.2) is 24.3 Å². The lowest BCUT2D eigenvalue weighted by Gasteiger charge is -2.26. The maximum absolute atomic E-state index is 12.8. The lowest BCUT2D eigenvalue weighted by atomic mass is 10.0. The van der Waals surface area contributed by atoms with Crippen LogP contribution in [0.4, 0.5) is 0 Å². The van der Waals surface area contributed by atoms with Gasteiger partial charge in [-0.1, -0.05) is 237 Å². The Bertz CT molecular complexity index is 1150. The predicted molar refractivity (Wildman–Crippen MR) is 279 cm³/mol. The number of carboxylic acids is 1. The van der Waals surface area contributed by atoms with Gasteiger partial charge in [0.05, 0.1) is 40.3 Å². The molecule has 67 heavy (non-hydrogen) atoms. The fourth-order valence-electron chi connectivity index (χ4n) is 8.27. The van der Waals surface area contributed by atoms with Crippen LogP contribution in [0.1, 0.15) is 271 Å². The number of ether oxygens (including phenoxy) is 4. The number of hydrogen-bond donors (Lipinski definition) is 0. The Morgan fingerprint density at radius 2 is 0.806 bits per heavy atom. The monoisotopic (exact) mass is 948 g/mol. The molecule has 0 heterocycles. The molecule has 0 aromatic carbocycles. The van der Waals surface area contributed by atoms with Crippen molar-refractivity contribution in [2.24, 2.45) is 0 Å². The van der Waals surface area contributed by atoms with Gasteiger partial charge < -0.3 is 33.3 Å². The maximum Gasteiger partial charge on any atom is 0.306 e. The Morgan fingerprint density at radius 3 is 1.19 bits per heavy atom. The smallest absolute Gasteiger partial charge is 0.306 e. The second-order valence-corrected chi connectivity index (χ2v) is 20.6. The van der Waals surface area contributed by atoms with Crippen LogP contribution in [0, 0.1) is 0 Å². The van der Waals surface area contributed by atoms with Crippen molar-refractivity contribution in [2.45, 2.75) is 283 Å². The van der Waals surface area contributed by atoms with E-state index in [4.69, 9.17) is 18.9 Å². The molecule has 0 amide bonds. The van der Waals surface area contributed by atoms with E-state index in [9.17, 15) is 19.5 Å². The molecule has 0 saturated carbocycles. The number of allylic oxidation sites excluding steroid dienone is 4. The molecule has 2 unspecified atom stereocenters. The van der Waals surface area contributed by atoms with Gasteiger partial charge >= 0.3 is 11.9 Å². The first-order valence-corrected chi connectivity index (χ1v) is 28.5. The number of rotatable bonds is 53. The zero-order valence-corrected chi connectivity index (χ0v) is 44.8. The van der Waals surface area contributed by atoms with Crippen LogP contribution in [0.25, 0.3) is 0 Å². The highest BCUT2D eigenvalue weighted by Gasteiger charge is 2.22. The summed E-state index contributed by atoms with van der Waals surface area (Å²) in [5.41, 5.74) is 0. The first-order valence-electron chi connectivity index (χ1n) is 28.5. The summed E-state index contributed by atoms with van der Waals surface area (Å²) in [5.74, 6) is -2.28. The van der Waals surface area contributed by atoms with Crippen LogP contribution in [0.3, 0.4) is 0 Å². The Morgan fingerprint density at radius 1 is 0.448 bits per heavy atom. The van der Waals surface area contributed by atoms with E-state index in [1.54, 1.807) is 0 Å². The zero-order chi connectivity index (χ0) is 49.2. The number of hydrogen-bond acceptors (Lipinski definition) is 8. The summed E-state index contributed by atoms with van der Waals surface area (Å²) >= 11 is 0. The van der Waals surface area contributed by atoms with Gasteiger partial charge in [0.15, 0.2) is 12.4 Å². The van der Waals surface area contributed by atoms with Crippen molar-refractivity contribution in [1.82, 2.24) is 0 Å². The average molecular weight is 949 g/mol. The average Bonchev–Trinajstić information content (AvgIpc) is 3.29. The number of carboxylic acid groups (broad SMARTS) is 1. The zero-order valence-electron chi connectivity index (χ0n) is 44.8. The third-order valence-electron chi connectivity index (χ3n) is 12.7. The third kappa shape index (κ3) is 51.4. The minimum absolute atomic E-state index is 0.147. The lowest BCUT2D eigenvalue weighted by molar-refractivity contribution is -0.870. The van der Waals surface area contributed by atoms with E-state index in [0.717, 1.165) is 57.8 Å². The van der Waals surface area contributed by atoms with E-state index < -0.39 is 24.3 Å². The molecule has 9 nitrogen and oxygen atoms in total. The minimum atomic E-state index is -1.62. The Labute approximate surface area is 414 Å². The van der Waals surface area contributed by atoms with Gasteiger partial charge in [0, 0.05) is 12.8 Å². The molecule has 0 bridgehead atoms. The van der Waals surface area contributed by atoms with Crippen LogP contribution < -0.4 is 5.11 Å². The van der Waals surface area contributed by atoms with Crippen LogP contribution >= 0.6 is 0 Å². The highest BCUT2D eigenvalue weighted by atomic mass is 16.7. The van der Waals surface area contributed by atoms with E-state index in [1.165, 1.54) is 180 Å². The minimum Gasteiger partial charge on any atom is -0.545 e. The summed E-state index contributed by atoms with van der Waals surface area (Å²) < 4.78 is 22.7. The van der Waals surface area contributed by atoms with Gasteiger partial charge in [0.2, 0.25) is 0 Å². The predicted octanol–water partition coefficient (Wildman–Crippen LogP) is 15.0. The quantitative estimate of drug-likeness (QED) is 0.0195. The lowest BCUT2D eigenvalue weighted by Crippen LogP contribution is -2.44. The molecule has 0 aromatic heterocycles. The van der Waals surface area contributed by atoms with Crippen LogP contribution in [-0.4, -0.2) is 82.3 Å². The number of carbonyl (C=O) groups is 3. The highest BCUT2D eigenvalue weighted by molar-refractivity contribution is 5.70. The van der Waals surface area contributed by atoms with Crippen LogP contribution in [0.2, 0.25) is 0 Å². The molecule has 0 fully saturated rings. The standard InChI is InChI=1S/C58H109NO8/c1-6-8-10-12-14-16-18-20-22-24-25-26-27-28-29-30-31-32-33-35-36-38-40-42-44-46-48-55(60)65-52-54(53-66-58(57(62)63)64-51-50-59(3,4)5)67-56(61)49-47-45-43-41-39-37-34-23-21-19-17-15-13-11-9-7-2/h17,19,23,34,54,58H,6-16,18,20-22,24-33,35-53H2,1-5H3/b19-17-,34-23-. The number of nitrogens with zero attached hydrogens (tertiary/aromatic N) is 1. The van der Waals surface area contributed by atoms with Crippen molar-refractivity contribution in [3.05, 3.63) is 24.3 Å². The summed E-state index contributed by atoms with van der Waals surface area (Å²) in [6.07, 6.45) is 55.2. The summed E-state index contributed by atoms with van der Waals surface area (Å²) in [4.78, 5) is 37.2. The van der Waals surface area contributed by atoms with Gasteiger partial charge in [-0.3, -0.25) is 9.59 Å². The van der Waals surface area contributed by atoms with E-state index >= 15 is 0 Å². The van der Waals surface area contributed by atoms with E-state index in [1.807, 2.05) is 21.1 Å². The molecule has 0 N–H and O–H groups in total. The molecule has 0 spiro atoms. The molecular formula is C58H109NO8. The molecule has 0 aliphatic carbocycles. The van der Waals surface area contributed by atoms with E-state index in [0.29, 0.717) is 23.9 Å². The van der Waals surface area contributed by atoms with Gasteiger partial charge in [-0.05, 0) is 44.9 Å². The number of unbranched alkanes of at least 4 members (excludes halogenated alkanes) is 34. The van der Waals surface area contributed by atoms with Crippen LogP contribution in [0.5, 0.6) is 0 Å². The molecule has 0 rings (SSSR count). The van der Waals surface area contributed by atoms with Gasteiger partial charge in [-0.25, -0.2) is 0 Å². The molecule has 0 aromatic rings. The summed E-state index contributed by atoms with van der Waals surface area (Å²) in [6, 6.07) is 0. The first kappa shape index (κ1) is 64.8. The van der Waals surface area contributed by atoms with Gasteiger partial charge in [-0.2, -0.15) is 0 Å². The first-order chi connectivity index (χ1) is 32.6. The molecule has 0 radical (unpaired) electrons. The Kier molecular flexibility index (Phi) is 48.5. The van der Waals surface area contributed by atoms with E-state index in [-0.39, 0.29) is 32.2 Å². The molecule has 0 saturated heterocycles. The fraction of sp³-hybridized carbons (Fsp3) is 0.879. The SMILES string of the molecule is CCCCCC/C=C\C/C=C\CCCCCCCC(=O)OC(COC(=O)CCCCCCCCCCCCCCCCCCCCCCCCCCCC)COC(OCC[N+](C)(C)C)C(=O)[O-]. The summed E-state index contributed by atoms with van der Waals surface area (Å²) in [7, 11) is 5.92. The molecule has 2 atom stereocenters. The number of esters is 2. The van der Waals surface area contributed by atoms with Crippen molar-refractivity contribution in [1.29, 1.82) is 0 Å². The normalized spacial score (nSPS) is 12.9. The van der Waals surface area contributed by atoms with Crippen molar-refractivity contribution in [3.8, 4) is 0 Å². The summed E-state index contributed by atoms with van der Waals surface area (Å²) in [6.45, 7) is 4.75. The molecular weight excluding hydrogens is 839 g/mol. The molecule has 0 aliphatic rings. The van der Waals surface area contributed by atoms with Crippen LogP contribution in [-0.2, 0) is 33.3 Å². The Balaban J connectivity index is 4.18. The number of carbonyl (C=O) groups excluding carboxylic acids is 3. The van der Waals surface area contributed by atoms with Gasteiger partial charge in [0.25, 0.3) is 0 Å².